The molecule has 2 rings (SSSR count). The minimum atomic E-state index is -0.196. The third-order valence-corrected chi connectivity index (χ3v) is 5.45. The summed E-state index contributed by atoms with van der Waals surface area (Å²) in [6.45, 7) is 8.66. The van der Waals surface area contributed by atoms with E-state index in [-0.39, 0.29) is 11.3 Å². The molecular weight excluding hydrogens is 338 g/mol. The second kappa shape index (κ2) is 8.44. The Morgan fingerprint density at radius 3 is 2.58 bits per heavy atom. The summed E-state index contributed by atoms with van der Waals surface area (Å²) in [6, 6.07) is 8.24. The van der Waals surface area contributed by atoms with Gasteiger partial charge in [-0.15, -0.1) is 10.2 Å². The molecule has 0 fully saturated rings. The highest BCUT2D eigenvalue weighted by Crippen LogP contribution is 2.26. The lowest BCUT2D eigenvalue weighted by Gasteiger charge is -2.18. The molecule has 0 unspecified atom stereocenters. The second-order valence-corrected chi connectivity index (χ2v) is 8.74. The van der Waals surface area contributed by atoms with Crippen molar-refractivity contribution in [3.63, 3.8) is 0 Å². The van der Waals surface area contributed by atoms with E-state index in [0.717, 1.165) is 22.1 Å². The monoisotopic (exact) mass is 361 g/mol. The van der Waals surface area contributed by atoms with Crippen molar-refractivity contribution >= 4 is 40.2 Å². The van der Waals surface area contributed by atoms with E-state index in [9.17, 15) is 4.79 Å². The molecule has 0 bridgehead atoms. The van der Waals surface area contributed by atoms with Crippen LogP contribution in [0.15, 0.2) is 34.7 Å². The van der Waals surface area contributed by atoms with Gasteiger partial charge in [-0.2, -0.15) is 0 Å². The van der Waals surface area contributed by atoms with E-state index in [0.29, 0.717) is 5.13 Å². The van der Waals surface area contributed by atoms with Gasteiger partial charge in [0.15, 0.2) is 4.34 Å². The summed E-state index contributed by atoms with van der Waals surface area (Å²) in [5.74, 6) is 0.811. The predicted molar refractivity (Wildman–Crippen MR) is 104 cm³/mol. The molecule has 0 saturated carbocycles. The standard InChI is InChI=1S/C18H23N3OS2/c1-5-12-23-17-21-20-16(24-17)19-15(22)11-8-13-6-9-14(10-7-13)18(2,3)4/h6-11H,5,12H2,1-4H3,(H,19,20,22)/b11-8+. The van der Waals surface area contributed by atoms with Crippen LogP contribution in [0.25, 0.3) is 6.08 Å². The molecule has 0 aliphatic heterocycles. The third-order valence-electron chi connectivity index (χ3n) is 3.27. The number of aromatic nitrogens is 2. The van der Waals surface area contributed by atoms with Crippen molar-refractivity contribution in [3.05, 3.63) is 41.5 Å². The number of benzene rings is 1. The summed E-state index contributed by atoms with van der Waals surface area (Å²) in [5.41, 5.74) is 2.40. The van der Waals surface area contributed by atoms with Gasteiger partial charge in [-0.25, -0.2) is 0 Å². The van der Waals surface area contributed by atoms with Crippen LogP contribution in [0.3, 0.4) is 0 Å². The maximum absolute atomic E-state index is 12.0. The number of nitrogens with one attached hydrogen (secondary N) is 1. The number of carbonyl (C=O) groups excluding carboxylic acids is 1. The maximum atomic E-state index is 12.0. The van der Waals surface area contributed by atoms with Crippen molar-refractivity contribution in [2.24, 2.45) is 0 Å². The molecule has 128 valence electrons. The van der Waals surface area contributed by atoms with Crippen LogP contribution < -0.4 is 5.32 Å². The smallest absolute Gasteiger partial charge is 0.250 e. The van der Waals surface area contributed by atoms with E-state index in [1.165, 1.54) is 23.0 Å². The van der Waals surface area contributed by atoms with E-state index in [1.807, 2.05) is 12.1 Å². The van der Waals surface area contributed by atoms with Gasteiger partial charge < -0.3 is 0 Å². The zero-order chi connectivity index (χ0) is 17.6. The van der Waals surface area contributed by atoms with Gasteiger partial charge in [0.05, 0.1) is 0 Å². The number of hydrogen-bond acceptors (Lipinski definition) is 5. The molecule has 0 aliphatic rings. The van der Waals surface area contributed by atoms with Crippen LogP contribution in [0.4, 0.5) is 5.13 Å². The summed E-state index contributed by atoms with van der Waals surface area (Å²) in [7, 11) is 0. The van der Waals surface area contributed by atoms with Crippen molar-refractivity contribution in [3.8, 4) is 0 Å². The molecule has 0 atom stereocenters. The van der Waals surface area contributed by atoms with Gasteiger partial charge in [0.2, 0.25) is 11.0 Å². The summed E-state index contributed by atoms with van der Waals surface area (Å²) in [4.78, 5) is 12.0. The summed E-state index contributed by atoms with van der Waals surface area (Å²) < 4.78 is 0.883. The fraction of sp³-hybridized carbons (Fsp3) is 0.389. The van der Waals surface area contributed by atoms with Crippen LogP contribution in [0.2, 0.25) is 0 Å². The molecule has 24 heavy (non-hydrogen) atoms. The number of thioether (sulfide) groups is 1. The highest BCUT2D eigenvalue weighted by atomic mass is 32.2. The second-order valence-electron chi connectivity index (χ2n) is 6.42. The Balaban J connectivity index is 1.91. The first kappa shape index (κ1) is 18.7. The lowest BCUT2D eigenvalue weighted by molar-refractivity contribution is -0.111. The van der Waals surface area contributed by atoms with Crippen molar-refractivity contribution in [1.82, 2.24) is 10.2 Å². The molecule has 6 heteroatoms. The Hall–Kier alpha value is -1.66. The summed E-state index contributed by atoms with van der Waals surface area (Å²) in [5, 5.41) is 11.3. The van der Waals surface area contributed by atoms with Crippen LogP contribution in [0.5, 0.6) is 0 Å². The number of hydrogen-bond donors (Lipinski definition) is 1. The van der Waals surface area contributed by atoms with Gasteiger partial charge >= 0.3 is 0 Å². The molecule has 0 radical (unpaired) electrons. The zero-order valence-corrected chi connectivity index (χ0v) is 16.1. The molecule has 0 saturated heterocycles. The zero-order valence-electron chi connectivity index (χ0n) is 14.5. The Morgan fingerprint density at radius 1 is 1.25 bits per heavy atom. The molecule has 1 aromatic carbocycles. The molecule has 0 spiro atoms. The van der Waals surface area contributed by atoms with E-state index in [4.69, 9.17) is 0 Å². The van der Waals surface area contributed by atoms with Gasteiger partial charge in [-0.3, -0.25) is 10.1 Å². The highest BCUT2D eigenvalue weighted by molar-refractivity contribution is 8.01. The number of amides is 1. The molecule has 2 aromatic rings. The molecule has 1 aromatic heterocycles. The lowest BCUT2D eigenvalue weighted by atomic mass is 9.87. The number of carbonyl (C=O) groups is 1. The summed E-state index contributed by atoms with van der Waals surface area (Å²) >= 11 is 3.06. The van der Waals surface area contributed by atoms with Gasteiger partial charge in [0.1, 0.15) is 0 Å². The van der Waals surface area contributed by atoms with Crippen LogP contribution in [0, 0.1) is 0 Å². The van der Waals surface area contributed by atoms with E-state index >= 15 is 0 Å². The van der Waals surface area contributed by atoms with E-state index < -0.39 is 0 Å². The molecular formula is C18H23N3OS2. The van der Waals surface area contributed by atoms with Crippen molar-refractivity contribution < 1.29 is 4.79 Å². The minimum absolute atomic E-state index is 0.130. The predicted octanol–water partition coefficient (Wildman–Crippen LogP) is 4.99. The van der Waals surface area contributed by atoms with Gasteiger partial charge in [-0.1, -0.05) is 75.1 Å². The molecule has 1 N–H and O–H groups in total. The highest BCUT2D eigenvalue weighted by Gasteiger charge is 2.12. The lowest BCUT2D eigenvalue weighted by Crippen LogP contribution is -2.10. The van der Waals surface area contributed by atoms with Crippen LogP contribution in [-0.4, -0.2) is 21.9 Å². The number of rotatable bonds is 6. The fourth-order valence-electron chi connectivity index (χ4n) is 1.92. The Bertz CT molecular complexity index is 700. The van der Waals surface area contributed by atoms with E-state index in [2.05, 4.69) is 55.3 Å². The number of nitrogens with zero attached hydrogens (tertiary/aromatic N) is 2. The quantitative estimate of drug-likeness (QED) is 0.447. The van der Waals surface area contributed by atoms with E-state index in [1.54, 1.807) is 17.8 Å². The SMILES string of the molecule is CCCSc1nnc(NC(=O)/C=C/c2ccc(C(C)(C)C)cc2)s1. The molecule has 4 nitrogen and oxygen atoms in total. The van der Waals surface area contributed by atoms with Crippen molar-refractivity contribution in [2.75, 3.05) is 11.1 Å². The van der Waals surface area contributed by atoms with Gasteiger partial charge in [0, 0.05) is 11.8 Å². The maximum Gasteiger partial charge on any atom is 0.250 e. The van der Waals surface area contributed by atoms with Crippen molar-refractivity contribution in [1.29, 1.82) is 0 Å². The van der Waals surface area contributed by atoms with Crippen LogP contribution in [-0.2, 0) is 10.2 Å². The Morgan fingerprint density at radius 2 is 1.96 bits per heavy atom. The first-order valence-electron chi connectivity index (χ1n) is 7.94. The average molecular weight is 362 g/mol. The van der Waals surface area contributed by atoms with Crippen LogP contribution in [0.1, 0.15) is 45.2 Å². The Labute approximate surface area is 151 Å². The molecule has 0 aliphatic carbocycles. The normalized spacial score (nSPS) is 11.8. The number of anilines is 1. The molecule has 1 amide bonds. The van der Waals surface area contributed by atoms with Gasteiger partial charge in [0.25, 0.3) is 0 Å². The van der Waals surface area contributed by atoms with Crippen LogP contribution >= 0.6 is 23.1 Å². The third kappa shape index (κ3) is 5.76. The first-order chi connectivity index (χ1) is 11.4. The Kier molecular flexibility index (Phi) is 6.57. The molecule has 1 heterocycles. The minimum Gasteiger partial charge on any atom is -0.297 e. The van der Waals surface area contributed by atoms with Gasteiger partial charge in [-0.05, 0) is 29.0 Å². The summed E-state index contributed by atoms with van der Waals surface area (Å²) in [6.07, 6.45) is 4.41. The fourth-order valence-corrected chi connectivity index (χ4v) is 3.60. The topological polar surface area (TPSA) is 54.9 Å². The first-order valence-corrected chi connectivity index (χ1v) is 9.74. The largest absolute Gasteiger partial charge is 0.297 e. The van der Waals surface area contributed by atoms with Crippen molar-refractivity contribution in [2.45, 2.75) is 43.9 Å². The average Bonchev–Trinajstić information content (AvgIpc) is 2.98.